The van der Waals surface area contributed by atoms with Crippen LogP contribution in [0.25, 0.3) is 0 Å². The van der Waals surface area contributed by atoms with E-state index in [4.69, 9.17) is 5.73 Å². The molecule has 254 valence electrons. The van der Waals surface area contributed by atoms with E-state index in [1.165, 1.54) is 0 Å². The third-order valence-electron chi connectivity index (χ3n) is 10.8. The molecule has 0 aromatic rings. The highest BCUT2D eigenvalue weighted by molar-refractivity contribution is 6.37. The first-order chi connectivity index (χ1) is 21.1. The van der Waals surface area contributed by atoms with Crippen LogP contribution in [0.1, 0.15) is 131 Å². The van der Waals surface area contributed by atoms with E-state index in [1.54, 1.807) is 11.0 Å². The maximum absolute atomic E-state index is 14.7. The number of urea groups is 1. The molecule has 3 fully saturated rings. The van der Waals surface area contributed by atoms with Crippen LogP contribution in [0, 0.1) is 16.7 Å². The maximum Gasteiger partial charge on any atom is 0.315 e. The highest BCUT2D eigenvalue weighted by atomic mass is 16.2. The zero-order valence-corrected chi connectivity index (χ0v) is 28.5. The zero-order chi connectivity index (χ0) is 33.4. The summed E-state index contributed by atoms with van der Waals surface area (Å²) in [4.78, 5) is 68.7. The van der Waals surface area contributed by atoms with E-state index in [0.717, 1.165) is 77.0 Å². The Balaban J connectivity index is 2.00. The SMILES string of the molecule is C=CC(C)(C)[C@H]1CCN2C(=O)[C@@H](NC(=O)NC3(C)CCCCC3)C(C)(C)CCCCCCCCC[C@@H](C(=O)C(N)=O)NC(=O)[C@H]12. The number of hydrogen-bond acceptors (Lipinski definition) is 5. The second-order valence-corrected chi connectivity index (χ2v) is 15.3. The van der Waals surface area contributed by atoms with Crippen molar-refractivity contribution in [1.82, 2.24) is 20.9 Å². The molecule has 2 saturated heterocycles. The Morgan fingerprint density at radius 3 is 2.07 bits per heavy atom. The number of amides is 5. The molecule has 3 rings (SSSR count). The third-order valence-corrected chi connectivity index (χ3v) is 10.8. The summed E-state index contributed by atoms with van der Waals surface area (Å²) in [6.45, 7) is 14.4. The Labute approximate surface area is 270 Å². The Morgan fingerprint density at radius 1 is 0.911 bits per heavy atom. The van der Waals surface area contributed by atoms with Crippen molar-refractivity contribution in [1.29, 1.82) is 0 Å². The monoisotopic (exact) mass is 629 g/mol. The smallest absolute Gasteiger partial charge is 0.315 e. The third kappa shape index (κ3) is 9.55. The van der Waals surface area contributed by atoms with Gasteiger partial charge in [-0.3, -0.25) is 19.2 Å². The number of hydrogen-bond donors (Lipinski definition) is 4. The van der Waals surface area contributed by atoms with Gasteiger partial charge in [-0.05, 0) is 55.8 Å². The van der Waals surface area contributed by atoms with Crippen molar-refractivity contribution in [2.24, 2.45) is 22.5 Å². The number of carbonyl (C=O) groups is 5. The predicted octanol–water partition coefficient (Wildman–Crippen LogP) is 4.90. The fourth-order valence-electron chi connectivity index (χ4n) is 7.60. The van der Waals surface area contributed by atoms with Crippen LogP contribution >= 0.6 is 0 Å². The van der Waals surface area contributed by atoms with Crippen molar-refractivity contribution < 1.29 is 24.0 Å². The van der Waals surface area contributed by atoms with Crippen LogP contribution in [0.2, 0.25) is 0 Å². The summed E-state index contributed by atoms with van der Waals surface area (Å²) in [6.07, 6.45) is 15.0. The molecular weight excluding hydrogens is 570 g/mol. The van der Waals surface area contributed by atoms with Crippen molar-refractivity contribution in [3.05, 3.63) is 12.7 Å². The minimum absolute atomic E-state index is 0.288. The van der Waals surface area contributed by atoms with E-state index in [1.807, 2.05) is 27.7 Å². The lowest BCUT2D eigenvalue weighted by molar-refractivity contribution is -0.145. The van der Waals surface area contributed by atoms with E-state index in [2.05, 4.69) is 29.5 Å². The minimum atomic E-state index is -1.09. The van der Waals surface area contributed by atoms with E-state index in [-0.39, 0.29) is 23.4 Å². The van der Waals surface area contributed by atoms with Gasteiger partial charge in [0.1, 0.15) is 12.1 Å². The summed E-state index contributed by atoms with van der Waals surface area (Å²) >= 11 is 0. The molecular formula is C35H59N5O5. The van der Waals surface area contributed by atoms with Gasteiger partial charge in [-0.1, -0.05) is 98.0 Å². The van der Waals surface area contributed by atoms with Crippen LogP contribution in [-0.2, 0) is 19.2 Å². The van der Waals surface area contributed by atoms with Crippen LogP contribution in [0.4, 0.5) is 4.79 Å². The molecule has 2 aliphatic heterocycles. The average molecular weight is 630 g/mol. The molecule has 45 heavy (non-hydrogen) atoms. The topological polar surface area (TPSA) is 151 Å². The van der Waals surface area contributed by atoms with E-state index in [9.17, 15) is 24.0 Å². The number of nitrogens with one attached hydrogen (secondary N) is 3. The molecule has 0 aromatic carbocycles. The molecule has 0 bridgehead atoms. The van der Waals surface area contributed by atoms with Crippen molar-refractivity contribution in [2.45, 2.75) is 155 Å². The highest BCUT2D eigenvalue weighted by Crippen LogP contribution is 2.41. The maximum atomic E-state index is 14.7. The summed E-state index contributed by atoms with van der Waals surface area (Å²) < 4.78 is 0. The van der Waals surface area contributed by atoms with Gasteiger partial charge in [-0.2, -0.15) is 0 Å². The summed E-state index contributed by atoms with van der Waals surface area (Å²) in [5, 5.41) is 9.07. The number of nitrogens with two attached hydrogens (primary N) is 1. The van der Waals surface area contributed by atoms with Crippen LogP contribution in [0.5, 0.6) is 0 Å². The lowest BCUT2D eigenvalue weighted by Gasteiger charge is -2.41. The first-order valence-corrected chi connectivity index (χ1v) is 17.3. The van der Waals surface area contributed by atoms with Gasteiger partial charge in [0.25, 0.3) is 5.91 Å². The molecule has 5 N–H and O–H groups in total. The van der Waals surface area contributed by atoms with Crippen molar-refractivity contribution in [3.8, 4) is 0 Å². The number of primary amides is 1. The van der Waals surface area contributed by atoms with Gasteiger partial charge in [0.05, 0.1) is 6.04 Å². The second-order valence-electron chi connectivity index (χ2n) is 15.3. The Hall–Kier alpha value is -2.91. The Bertz CT molecular complexity index is 1100. The summed E-state index contributed by atoms with van der Waals surface area (Å²) in [5.41, 5.74) is 3.95. The molecule has 2 heterocycles. The van der Waals surface area contributed by atoms with Gasteiger partial charge in [0, 0.05) is 12.1 Å². The van der Waals surface area contributed by atoms with Gasteiger partial charge < -0.3 is 26.6 Å². The second kappa shape index (κ2) is 15.6. The molecule has 0 aromatic heterocycles. The number of allylic oxidation sites excluding steroid dienone is 1. The van der Waals surface area contributed by atoms with Gasteiger partial charge in [0.2, 0.25) is 17.6 Å². The van der Waals surface area contributed by atoms with Gasteiger partial charge in [-0.25, -0.2) is 4.79 Å². The predicted molar refractivity (Wildman–Crippen MR) is 176 cm³/mol. The first kappa shape index (κ1) is 36.6. The number of rotatable bonds is 6. The zero-order valence-electron chi connectivity index (χ0n) is 28.5. The number of Topliss-reactive ketones (excluding diaryl/α,β-unsaturated/α-hetero) is 1. The summed E-state index contributed by atoms with van der Waals surface area (Å²) in [5.74, 6) is -3.00. The van der Waals surface area contributed by atoms with Gasteiger partial charge >= 0.3 is 6.03 Å². The van der Waals surface area contributed by atoms with Crippen molar-refractivity contribution in [2.75, 3.05) is 6.54 Å². The molecule has 4 atom stereocenters. The molecule has 3 aliphatic rings. The fraction of sp³-hybridized carbons (Fsp3) is 0.800. The molecule has 10 heteroatoms. The Kier molecular flexibility index (Phi) is 12.7. The largest absolute Gasteiger partial charge is 0.363 e. The minimum Gasteiger partial charge on any atom is -0.363 e. The average Bonchev–Trinajstić information content (AvgIpc) is 3.44. The number of carbonyl (C=O) groups excluding carboxylic acids is 5. The summed E-state index contributed by atoms with van der Waals surface area (Å²) in [6, 6.07) is -3.21. The van der Waals surface area contributed by atoms with Crippen molar-refractivity contribution in [3.63, 3.8) is 0 Å². The molecule has 1 aliphatic carbocycles. The molecule has 0 spiro atoms. The van der Waals surface area contributed by atoms with Crippen molar-refractivity contribution >= 4 is 29.5 Å². The lowest BCUT2D eigenvalue weighted by Crippen LogP contribution is -2.63. The Morgan fingerprint density at radius 2 is 1.47 bits per heavy atom. The molecule has 5 amide bonds. The molecule has 0 radical (unpaired) electrons. The quantitative estimate of drug-likeness (QED) is 0.244. The van der Waals surface area contributed by atoms with E-state index < -0.39 is 46.6 Å². The number of ketones is 1. The lowest BCUT2D eigenvalue weighted by atomic mass is 9.74. The molecule has 1 saturated carbocycles. The van der Waals surface area contributed by atoms with Gasteiger partial charge in [-0.15, -0.1) is 6.58 Å². The van der Waals surface area contributed by atoms with E-state index in [0.29, 0.717) is 25.8 Å². The highest BCUT2D eigenvalue weighted by Gasteiger charge is 2.51. The number of fused-ring (bicyclic) bond motifs is 1. The summed E-state index contributed by atoms with van der Waals surface area (Å²) in [7, 11) is 0. The van der Waals surface area contributed by atoms with Crippen LogP contribution in [0.3, 0.4) is 0 Å². The molecule has 0 unspecified atom stereocenters. The standard InChI is InChI=1S/C35H59N5O5/c1-7-33(2,3)24-19-23-40-26(24)30(43)37-25(27(41)29(36)42)18-14-11-9-8-10-12-15-20-34(4,5)28(31(40)44)38-32(45)39-35(6)21-16-13-17-22-35/h7,24-26,28H,1,8-23H2,2-6H3,(H2,36,42)(H,37,43)(H2,38,39,45)/t24-,25-,26-,28+/m0/s1. The van der Waals surface area contributed by atoms with Crippen LogP contribution in [-0.4, -0.2) is 64.6 Å². The van der Waals surface area contributed by atoms with Gasteiger partial charge in [0.15, 0.2) is 0 Å². The van der Waals surface area contributed by atoms with Crippen LogP contribution < -0.4 is 21.7 Å². The molecule has 10 nitrogen and oxygen atoms in total. The van der Waals surface area contributed by atoms with Crippen LogP contribution in [0.15, 0.2) is 12.7 Å². The fourth-order valence-corrected chi connectivity index (χ4v) is 7.60. The van der Waals surface area contributed by atoms with E-state index >= 15 is 0 Å². The normalized spacial score (nSPS) is 28.6. The first-order valence-electron chi connectivity index (χ1n) is 17.3. The number of nitrogens with zero attached hydrogens (tertiary/aromatic N) is 1.